The normalized spacial score (nSPS) is 18.0. The molecular weight excluding hydrogens is 465 g/mol. The van der Waals surface area contributed by atoms with E-state index in [2.05, 4.69) is 26.0 Å². The van der Waals surface area contributed by atoms with Gasteiger partial charge in [0.25, 0.3) is 0 Å². The summed E-state index contributed by atoms with van der Waals surface area (Å²) in [5, 5.41) is 0. The molecule has 3 aromatic carbocycles. The average molecular weight is 505 g/mol. The molecule has 0 saturated heterocycles. The molecule has 3 aromatic rings. The zero-order valence-corrected chi connectivity index (χ0v) is 22.2. The fraction of sp³-hybridized carbons (Fsp3) is 0.412. The van der Waals surface area contributed by atoms with Gasteiger partial charge in [0.15, 0.2) is 11.6 Å². The largest absolute Gasteiger partial charge is 0.207 e. The van der Waals surface area contributed by atoms with Gasteiger partial charge in [0, 0.05) is 5.56 Å². The molecular formula is C34H39F3. The summed E-state index contributed by atoms with van der Waals surface area (Å²) in [5.41, 5.74) is 3.78. The minimum absolute atomic E-state index is 0.147. The molecule has 0 radical (unpaired) electrons. The molecule has 196 valence electrons. The molecule has 1 aliphatic carbocycles. The van der Waals surface area contributed by atoms with Crippen molar-refractivity contribution in [3.05, 3.63) is 95.3 Å². The lowest BCUT2D eigenvalue weighted by molar-refractivity contribution is 0.308. The average Bonchev–Trinajstić information content (AvgIpc) is 2.92. The number of halogens is 3. The van der Waals surface area contributed by atoms with E-state index in [-0.39, 0.29) is 17.3 Å². The van der Waals surface area contributed by atoms with Crippen LogP contribution in [0.2, 0.25) is 0 Å². The lowest BCUT2D eigenvalue weighted by atomic mass is 9.77. The molecule has 0 nitrogen and oxygen atoms in total. The monoisotopic (exact) mass is 504 g/mol. The topological polar surface area (TPSA) is 0 Å². The lowest BCUT2D eigenvalue weighted by Gasteiger charge is -2.29. The van der Waals surface area contributed by atoms with Gasteiger partial charge in [0.05, 0.1) is 0 Å². The Kier molecular flexibility index (Phi) is 9.66. The van der Waals surface area contributed by atoms with Crippen LogP contribution in [0.4, 0.5) is 13.2 Å². The highest BCUT2D eigenvalue weighted by Crippen LogP contribution is 2.39. The van der Waals surface area contributed by atoms with Crippen molar-refractivity contribution in [2.24, 2.45) is 5.92 Å². The number of rotatable bonds is 10. The van der Waals surface area contributed by atoms with Crippen LogP contribution >= 0.6 is 0 Å². The van der Waals surface area contributed by atoms with Gasteiger partial charge in [0.1, 0.15) is 5.82 Å². The Morgan fingerprint density at radius 3 is 2.16 bits per heavy atom. The summed E-state index contributed by atoms with van der Waals surface area (Å²) in [6, 6.07) is 16.2. The molecule has 0 atom stereocenters. The molecule has 0 N–H and O–H groups in total. The van der Waals surface area contributed by atoms with Gasteiger partial charge in [-0.3, -0.25) is 0 Å². The third-order valence-electron chi connectivity index (χ3n) is 8.01. The van der Waals surface area contributed by atoms with Crippen molar-refractivity contribution >= 4 is 0 Å². The van der Waals surface area contributed by atoms with Crippen LogP contribution in [0.1, 0.15) is 88.7 Å². The van der Waals surface area contributed by atoms with Gasteiger partial charge in [-0.15, -0.1) is 0 Å². The summed E-state index contributed by atoms with van der Waals surface area (Å²) in [4.78, 5) is 0. The third kappa shape index (κ3) is 6.74. The first-order valence-electron chi connectivity index (χ1n) is 14.0. The molecule has 1 fully saturated rings. The van der Waals surface area contributed by atoms with Crippen LogP contribution < -0.4 is 0 Å². The van der Waals surface area contributed by atoms with Crippen LogP contribution in [0.3, 0.4) is 0 Å². The fourth-order valence-electron chi connectivity index (χ4n) is 5.71. The summed E-state index contributed by atoms with van der Waals surface area (Å²) >= 11 is 0. The smallest absolute Gasteiger partial charge is 0.166 e. The molecule has 1 aliphatic rings. The van der Waals surface area contributed by atoms with Crippen LogP contribution in [0.5, 0.6) is 0 Å². The van der Waals surface area contributed by atoms with Gasteiger partial charge in [0.2, 0.25) is 0 Å². The molecule has 1 saturated carbocycles. The predicted molar refractivity (Wildman–Crippen MR) is 149 cm³/mol. The van der Waals surface area contributed by atoms with Gasteiger partial charge in [-0.2, -0.15) is 0 Å². The van der Waals surface area contributed by atoms with Crippen LogP contribution in [-0.2, 0) is 6.42 Å². The van der Waals surface area contributed by atoms with Crippen molar-refractivity contribution in [2.45, 2.75) is 84.0 Å². The maximum atomic E-state index is 15.2. The van der Waals surface area contributed by atoms with Crippen molar-refractivity contribution in [3.8, 4) is 22.3 Å². The Labute approximate surface area is 220 Å². The standard InChI is InChI=1S/C34H39F3/c1-3-5-7-9-24-11-13-26(14-12-24)30-21-20-29(23-32(30)35)25-15-17-27(18-16-25)31-22-19-28(10-8-6-4-2)33(36)34(31)37/h3,5,15-24,26H,4,6-14H2,1-2H3. The Morgan fingerprint density at radius 1 is 0.784 bits per heavy atom. The first-order chi connectivity index (χ1) is 18.0. The molecule has 0 unspecified atom stereocenters. The highest BCUT2D eigenvalue weighted by Gasteiger charge is 2.24. The zero-order chi connectivity index (χ0) is 26.2. The maximum Gasteiger partial charge on any atom is 0.166 e. The van der Waals surface area contributed by atoms with E-state index in [1.807, 2.05) is 24.3 Å². The van der Waals surface area contributed by atoms with Crippen molar-refractivity contribution < 1.29 is 13.2 Å². The van der Waals surface area contributed by atoms with Crippen molar-refractivity contribution in [1.29, 1.82) is 0 Å². The second-order valence-electron chi connectivity index (χ2n) is 10.5. The number of unbranched alkanes of at least 4 members (excludes halogenated alkanes) is 2. The van der Waals surface area contributed by atoms with Crippen LogP contribution in [0.15, 0.2) is 66.7 Å². The minimum atomic E-state index is -0.798. The highest BCUT2D eigenvalue weighted by molar-refractivity contribution is 5.71. The van der Waals surface area contributed by atoms with Crippen molar-refractivity contribution in [2.75, 3.05) is 0 Å². The van der Waals surface area contributed by atoms with E-state index in [1.54, 1.807) is 30.3 Å². The van der Waals surface area contributed by atoms with Crippen molar-refractivity contribution in [1.82, 2.24) is 0 Å². The van der Waals surface area contributed by atoms with Gasteiger partial charge in [-0.05, 0) is 104 Å². The number of aryl methyl sites for hydroxylation is 1. The molecule has 0 heterocycles. The van der Waals surface area contributed by atoms with E-state index in [1.165, 1.54) is 19.3 Å². The number of allylic oxidation sites excluding steroid dienone is 2. The zero-order valence-electron chi connectivity index (χ0n) is 22.2. The van der Waals surface area contributed by atoms with E-state index in [0.29, 0.717) is 17.5 Å². The Bertz CT molecular complexity index is 1180. The third-order valence-corrected chi connectivity index (χ3v) is 8.01. The second-order valence-corrected chi connectivity index (χ2v) is 10.5. The second kappa shape index (κ2) is 13.1. The number of benzene rings is 3. The molecule has 0 amide bonds. The fourth-order valence-corrected chi connectivity index (χ4v) is 5.71. The molecule has 4 rings (SSSR count). The predicted octanol–water partition coefficient (Wildman–Crippen LogP) is 10.8. The van der Waals surface area contributed by atoms with E-state index in [0.717, 1.165) is 61.1 Å². The first kappa shape index (κ1) is 27.2. The van der Waals surface area contributed by atoms with E-state index in [9.17, 15) is 8.78 Å². The van der Waals surface area contributed by atoms with Crippen LogP contribution in [0, 0.1) is 23.4 Å². The van der Waals surface area contributed by atoms with E-state index < -0.39 is 11.6 Å². The van der Waals surface area contributed by atoms with E-state index >= 15 is 4.39 Å². The van der Waals surface area contributed by atoms with Crippen LogP contribution in [-0.4, -0.2) is 0 Å². The highest BCUT2D eigenvalue weighted by atomic mass is 19.2. The Morgan fingerprint density at radius 2 is 1.49 bits per heavy atom. The maximum absolute atomic E-state index is 15.2. The molecule has 3 heteroatoms. The summed E-state index contributed by atoms with van der Waals surface area (Å²) < 4.78 is 44.6. The molecule has 0 bridgehead atoms. The Balaban J connectivity index is 1.43. The van der Waals surface area contributed by atoms with Crippen LogP contribution in [0.25, 0.3) is 22.3 Å². The Hall–Kier alpha value is -2.81. The first-order valence-corrected chi connectivity index (χ1v) is 14.0. The number of hydrogen-bond acceptors (Lipinski definition) is 0. The molecule has 37 heavy (non-hydrogen) atoms. The number of hydrogen-bond donors (Lipinski definition) is 0. The molecule has 0 aromatic heterocycles. The molecule has 0 spiro atoms. The van der Waals surface area contributed by atoms with Gasteiger partial charge in [-0.25, -0.2) is 13.2 Å². The SMILES string of the molecule is CC=CCCC1CCC(c2ccc(-c3ccc(-c4ccc(CCCCC)c(F)c4F)cc3)cc2F)CC1. The molecule has 0 aliphatic heterocycles. The lowest BCUT2D eigenvalue weighted by Crippen LogP contribution is -2.14. The van der Waals surface area contributed by atoms with Gasteiger partial charge >= 0.3 is 0 Å². The summed E-state index contributed by atoms with van der Waals surface area (Å²) in [5.74, 6) is -0.650. The quantitative estimate of drug-likeness (QED) is 0.190. The summed E-state index contributed by atoms with van der Waals surface area (Å²) in [6.07, 6.45) is 14.6. The summed E-state index contributed by atoms with van der Waals surface area (Å²) in [6.45, 7) is 4.15. The summed E-state index contributed by atoms with van der Waals surface area (Å²) in [7, 11) is 0. The minimum Gasteiger partial charge on any atom is -0.207 e. The van der Waals surface area contributed by atoms with E-state index in [4.69, 9.17) is 0 Å². The van der Waals surface area contributed by atoms with Gasteiger partial charge in [-0.1, -0.05) is 80.4 Å². The van der Waals surface area contributed by atoms with Gasteiger partial charge < -0.3 is 0 Å². The van der Waals surface area contributed by atoms with Crippen molar-refractivity contribution in [3.63, 3.8) is 0 Å².